The summed E-state index contributed by atoms with van der Waals surface area (Å²) in [5.41, 5.74) is -0.0177. The van der Waals surface area contributed by atoms with Crippen molar-refractivity contribution in [2.45, 2.75) is 6.18 Å². The minimum Gasteiger partial charge on any atom is -0.493 e. The molecule has 1 aromatic heterocycles. The van der Waals surface area contributed by atoms with Crippen molar-refractivity contribution < 1.29 is 36.9 Å². The van der Waals surface area contributed by atoms with Gasteiger partial charge in [-0.3, -0.25) is 0 Å². The molecule has 0 saturated heterocycles. The first-order valence-electron chi connectivity index (χ1n) is 8.89. The largest absolute Gasteiger partial charge is 0.493 e. The number of carbonyl (C=O) groups is 1. The first-order chi connectivity index (χ1) is 14.7. The standard InChI is InChI=1S/C21H19F3N2O5/c1-28-16-9-13(10-17(29-2)19(16)30-3)15-11-18(21(22,23)24)25-26(15)14-7-5-12(6-8-14)20(27)31-4/h5-11H,1-4H3. The molecule has 31 heavy (non-hydrogen) atoms. The summed E-state index contributed by atoms with van der Waals surface area (Å²) in [6.07, 6.45) is -4.66. The number of esters is 1. The van der Waals surface area contributed by atoms with Crippen molar-refractivity contribution in [1.82, 2.24) is 9.78 Å². The molecule has 2 aromatic carbocycles. The lowest BCUT2D eigenvalue weighted by Gasteiger charge is -2.15. The Balaban J connectivity index is 2.21. The molecule has 0 saturated carbocycles. The molecule has 3 rings (SSSR count). The molecule has 1 heterocycles. The van der Waals surface area contributed by atoms with Crippen molar-refractivity contribution in [1.29, 1.82) is 0 Å². The minimum atomic E-state index is -4.66. The van der Waals surface area contributed by atoms with Crippen LogP contribution >= 0.6 is 0 Å². The van der Waals surface area contributed by atoms with Gasteiger partial charge in [-0.25, -0.2) is 9.48 Å². The summed E-state index contributed by atoms with van der Waals surface area (Å²) < 4.78 is 62.0. The zero-order valence-corrected chi connectivity index (χ0v) is 17.1. The van der Waals surface area contributed by atoms with Gasteiger partial charge in [-0.2, -0.15) is 18.3 Å². The molecular formula is C21H19F3N2O5. The number of aromatic nitrogens is 2. The first-order valence-corrected chi connectivity index (χ1v) is 8.89. The second-order valence-electron chi connectivity index (χ2n) is 6.28. The van der Waals surface area contributed by atoms with Gasteiger partial charge in [-0.1, -0.05) is 0 Å². The van der Waals surface area contributed by atoms with E-state index in [4.69, 9.17) is 14.2 Å². The van der Waals surface area contributed by atoms with Gasteiger partial charge in [-0.15, -0.1) is 0 Å². The van der Waals surface area contributed by atoms with E-state index in [9.17, 15) is 18.0 Å². The van der Waals surface area contributed by atoms with E-state index in [0.29, 0.717) is 17.0 Å². The summed E-state index contributed by atoms with van der Waals surface area (Å²) in [5.74, 6) is 0.296. The summed E-state index contributed by atoms with van der Waals surface area (Å²) in [4.78, 5) is 11.7. The van der Waals surface area contributed by atoms with Crippen LogP contribution in [0.4, 0.5) is 13.2 Å². The number of benzene rings is 2. The van der Waals surface area contributed by atoms with Gasteiger partial charge in [0.25, 0.3) is 0 Å². The fraction of sp³-hybridized carbons (Fsp3) is 0.238. The number of methoxy groups -OCH3 is 4. The van der Waals surface area contributed by atoms with E-state index < -0.39 is 17.8 Å². The van der Waals surface area contributed by atoms with Crippen molar-refractivity contribution in [2.75, 3.05) is 28.4 Å². The Morgan fingerprint density at radius 2 is 1.48 bits per heavy atom. The molecule has 0 unspecified atom stereocenters. The third-order valence-electron chi connectivity index (χ3n) is 4.49. The van der Waals surface area contributed by atoms with Gasteiger partial charge in [-0.05, 0) is 42.5 Å². The third-order valence-corrected chi connectivity index (χ3v) is 4.49. The van der Waals surface area contributed by atoms with Crippen LogP contribution in [0.5, 0.6) is 17.2 Å². The molecule has 0 amide bonds. The number of hydrogen-bond acceptors (Lipinski definition) is 6. The Bertz CT molecular complexity index is 1070. The predicted octanol–water partition coefficient (Wildman–Crippen LogP) is 4.37. The highest BCUT2D eigenvalue weighted by molar-refractivity contribution is 5.89. The van der Waals surface area contributed by atoms with Crippen LogP contribution in [0.15, 0.2) is 42.5 Å². The van der Waals surface area contributed by atoms with Crippen molar-refractivity contribution >= 4 is 5.97 Å². The van der Waals surface area contributed by atoms with Crippen LogP contribution < -0.4 is 14.2 Å². The molecule has 0 atom stereocenters. The highest BCUT2D eigenvalue weighted by Crippen LogP contribution is 2.42. The van der Waals surface area contributed by atoms with Crippen LogP contribution in [-0.4, -0.2) is 44.2 Å². The highest BCUT2D eigenvalue weighted by Gasteiger charge is 2.35. The van der Waals surface area contributed by atoms with Crippen LogP contribution in [0.3, 0.4) is 0 Å². The number of ether oxygens (including phenoxy) is 4. The van der Waals surface area contributed by atoms with Crippen LogP contribution in [-0.2, 0) is 10.9 Å². The molecule has 164 valence electrons. The number of rotatable bonds is 6. The highest BCUT2D eigenvalue weighted by atomic mass is 19.4. The summed E-state index contributed by atoms with van der Waals surface area (Å²) in [6, 6.07) is 9.80. The Morgan fingerprint density at radius 3 is 1.94 bits per heavy atom. The number of nitrogens with zero attached hydrogens (tertiary/aromatic N) is 2. The fourth-order valence-electron chi connectivity index (χ4n) is 3.01. The maximum atomic E-state index is 13.4. The van der Waals surface area contributed by atoms with E-state index in [2.05, 4.69) is 9.84 Å². The maximum Gasteiger partial charge on any atom is 0.435 e. The SMILES string of the molecule is COC(=O)c1ccc(-n2nc(C(F)(F)F)cc2-c2cc(OC)c(OC)c(OC)c2)cc1. The normalized spacial score (nSPS) is 11.2. The summed E-state index contributed by atoms with van der Waals surface area (Å²) in [5, 5.41) is 3.74. The number of alkyl halides is 3. The second-order valence-corrected chi connectivity index (χ2v) is 6.28. The minimum absolute atomic E-state index is 0.136. The molecule has 0 spiro atoms. The molecule has 0 fully saturated rings. The van der Waals surface area contributed by atoms with Crippen LogP contribution in [0.25, 0.3) is 16.9 Å². The summed E-state index contributed by atoms with van der Waals surface area (Å²) >= 11 is 0. The van der Waals surface area contributed by atoms with E-state index in [-0.39, 0.29) is 22.8 Å². The summed E-state index contributed by atoms with van der Waals surface area (Å²) in [6.45, 7) is 0. The number of hydrogen-bond donors (Lipinski definition) is 0. The zero-order valence-electron chi connectivity index (χ0n) is 17.1. The van der Waals surface area contributed by atoms with Gasteiger partial charge < -0.3 is 18.9 Å². The Hall–Kier alpha value is -3.69. The van der Waals surface area contributed by atoms with Crippen molar-refractivity contribution in [3.8, 4) is 34.2 Å². The average molecular weight is 436 g/mol. The van der Waals surface area contributed by atoms with E-state index >= 15 is 0 Å². The van der Waals surface area contributed by atoms with E-state index in [1.54, 1.807) is 0 Å². The smallest absolute Gasteiger partial charge is 0.435 e. The topological polar surface area (TPSA) is 71.8 Å². The molecular weight excluding hydrogens is 417 g/mol. The quantitative estimate of drug-likeness (QED) is 0.535. The van der Waals surface area contributed by atoms with Crippen molar-refractivity contribution in [3.63, 3.8) is 0 Å². The van der Waals surface area contributed by atoms with Crippen molar-refractivity contribution in [3.05, 3.63) is 53.7 Å². The molecule has 0 aliphatic carbocycles. The monoisotopic (exact) mass is 436 g/mol. The van der Waals surface area contributed by atoms with Crippen LogP contribution in [0.2, 0.25) is 0 Å². The third kappa shape index (κ3) is 4.27. The predicted molar refractivity (Wildman–Crippen MR) is 105 cm³/mol. The van der Waals surface area contributed by atoms with Crippen LogP contribution in [0, 0.1) is 0 Å². The molecule has 10 heteroatoms. The lowest BCUT2D eigenvalue weighted by Crippen LogP contribution is -2.08. The lowest BCUT2D eigenvalue weighted by molar-refractivity contribution is -0.141. The second kappa shape index (κ2) is 8.58. The van der Waals surface area contributed by atoms with E-state index in [1.165, 1.54) is 64.8 Å². The van der Waals surface area contributed by atoms with Gasteiger partial charge in [0.1, 0.15) is 0 Å². The molecule has 3 aromatic rings. The van der Waals surface area contributed by atoms with Gasteiger partial charge in [0, 0.05) is 5.56 Å². The molecule has 0 bridgehead atoms. The average Bonchev–Trinajstić information content (AvgIpc) is 3.23. The molecule has 0 N–H and O–H groups in total. The fourth-order valence-corrected chi connectivity index (χ4v) is 3.01. The summed E-state index contributed by atoms with van der Waals surface area (Å²) in [7, 11) is 5.48. The Morgan fingerprint density at radius 1 is 0.903 bits per heavy atom. The Kier molecular flexibility index (Phi) is 6.09. The van der Waals surface area contributed by atoms with E-state index in [1.807, 2.05) is 0 Å². The van der Waals surface area contributed by atoms with Crippen molar-refractivity contribution in [2.24, 2.45) is 0 Å². The van der Waals surface area contributed by atoms with Gasteiger partial charge in [0.05, 0.1) is 45.4 Å². The van der Waals surface area contributed by atoms with E-state index in [0.717, 1.165) is 10.7 Å². The number of carbonyl (C=O) groups excluding carboxylic acids is 1. The molecule has 0 radical (unpaired) electrons. The number of halogens is 3. The van der Waals surface area contributed by atoms with Gasteiger partial charge >= 0.3 is 12.1 Å². The maximum absolute atomic E-state index is 13.4. The van der Waals surface area contributed by atoms with Gasteiger partial charge in [0.2, 0.25) is 5.75 Å². The zero-order chi connectivity index (χ0) is 22.8. The lowest BCUT2D eigenvalue weighted by atomic mass is 10.1. The molecule has 0 aliphatic heterocycles. The Labute approximate surface area is 175 Å². The van der Waals surface area contributed by atoms with Crippen LogP contribution in [0.1, 0.15) is 16.1 Å². The molecule has 0 aliphatic rings. The van der Waals surface area contributed by atoms with Gasteiger partial charge in [0.15, 0.2) is 17.2 Å². The molecule has 7 nitrogen and oxygen atoms in total. The first kappa shape index (κ1) is 22.0.